The Labute approximate surface area is 109 Å². The van der Waals surface area contributed by atoms with E-state index in [1.165, 1.54) is 32.1 Å². The van der Waals surface area contributed by atoms with Crippen LogP contribution in [0.4, 0.5) is 0 Å². The highest BCUT2D eigenvalue weighted by Gasteiger charge is 2.19. The molecular weight excluding hydrogens is 226 g/mol. The molecule has 0 bridgehead atoms. The van der Waals surface area contributed by atoms with Gasteiger partial charge in [0.2, 0.25) is 0 Å². The van der Waals surface area contributed by atoms with Gasteiger partial charge in [-0.1, -0.05) is 46.0 Å². The monoisotopic (exact) mass is 251 g/mol. The summed E-state index contributed by atoms with van der Waals surface area (Å²) in [6, 6.07) is 0. The van der Waals surface area contributed by atoms with Crippen molar-refractivity contribution < 1.29 is 5.11 Å². The van der Waals surface area contributed by atoms with Crippen LogP contribution in [0, 0.1) is 11.8 Å². The third kappa shape index (κ3) is 3.31. The molecule has 0 unspecified atom stereocenters. The molecule has 102 valence electrons. The summed E-state index contributed by atoms with van der Waals surface area (Å²) in [6.07, 6.45) is 7.77. The quantitative estimate of drug-likeness (QED) is 0.875. The minimum Gasteiger partial charge on any atom is -0.388 e. The second kappa shape index (κ2) is 6.32. The van der Waals surface area contributed by atoms with Crippen LogP contribution in [0.1, 0.15) is 57.6 Å². The summed E-state index contributed by atoms with van der Waals surface area (Å²) in [7, 11) is 0. The van der Waals surface area contributed by atoms with Gasteiger partial charge in [0.1, 0.15) is 12.4 Å². The fourth-order valence-corrected chi connectivity index (χ4v) is 2.87. The third-order valence-electron chi connectivity index (χ3n) is 3.79. The highest BCUT2D eigenvalue weighted by Crippen LogP contribution is 2.26. The second-order valence-corrected chi connectivity index (χ2v) is 5.90. The highest BCUT2D eigenvalue weighted by atomic mass is 16.3. The first-order valence-electron chi connectivity index (χ1n) is 7.22. The third-order valence-corrected chi connectivity index (χ3v) is 3.79. The van der Waals surface area contributed by atoms with E-state index in [4.69, 9.17) is 0 Å². The number of aliphatic hydroxyl groups is 1. The average molecular weight is 251 g/mol. The minimum absolute atomic E-state index is 0.00954. The first kappa shape index (κ1) is 13.5. The maximum atomic E-state index is 9.33. The van der Waals surface area contributed by atoms with Crippen LogP contribution < -0.4 is 0 Å². The molecule has 0 spiro atoms. The smallest absolute Gasteiger partial charge is 0.158 e. The van der Waals surface area contributed by atoms with Gasteiger partial charge in [-0.05, 0) is 11.8 Å². The minimum atomic E-state index is -0.00954. The Balaban J connectivity index is 2.08. The van der Waals surface area contributed by atoms with Crippen molar-refractivity contribution in [1.82, 2.24) is 14.8 Å². The molecule has 1 aromatic rings. The molecule has 0 aliphatic heterocycles. The van der Waals surface area contributed by atoms with E-state index in [0.717, 1.165) is 30.5 Å². The number of aromatic nitrogens is 3. The molecule has 1 saturated carbocycles. The molecule has 0 amide bonds. The summed E-state index contributed by atoms with van der Waals surface area (Å²) in [5, 5.41) is 17.7. The molecule has 1 fully saturated rings. The van der Waals surface area contributed by atoms with E-state index in [9.17, 15) is 5.11 Å². The van der Waals surface area contributed by atoms with Crippen molar-refractivity contribution in [3.63, 3.8) is 0 Å². The van der Waals surface area contributed by atoms with Gasteiger partial charge in [-0.25, -0.2) is 0 Å². The van der Waals surface area contributed by atoms with Crippen LogP contribution in [-0.2, 0) is 19.6 Å². The summed E-state index contributed by atoms with van der Waals surface area (Å²) < 4.78 is 2.12. The van der Waals surface area contributed by atoms with Crippen molar-refractivity contribution in [3.8, 4) is 0 Å². The lowest BCUT2D eigenvalue weighted by atomic mass is 9.87. The Hall–Kier alpha value is -0.900. The van der Waals surface area contributed by atoms with Crippen LogP contribution in [0.25, 0.3) is 0 Å². The Morgan fingerprint density at radius 2 is 1.83 bits per heavy atom. The van der Waals surface area contributed by atoms with Crippen LogP contribution in [-0.4, -0.2) is 19.9 Å². The number of nitrogens with zero attached hydrogens (tertiary/aromatic N) is 3. The number of aliphatic hydroxyl groups excluding tert-OH is 1. The lowest BCUT2D eigenvalue weighted by molar-refractivity contribution is 0.260. The van der Waals surface area contributed by atoms with Crippen LogP contribution >= 0.6 is 0 Å². The molecule has 1 aliphatic carbocycles. The maximum Gasteiger partial charge on any atom is 0.158 e. The Morgan fingerprint density at radius 3 is 2.44 bits per heavy atom. The predicted molar refractivity (Wildman–Crippen MR) is 71.1 cm³/mol. The molecule has 1 aromatic heterocycles. The van der Waals surface area contributed by atoms with E-state index >= 15 is 0 Å². The van der Waals surface area contributed by atoms with Gasteiger partial charge < -0.3 is 9.67 Å². The molecule has 1 N–H and O–H groups in total. The molecule has 0 radical (unpaired) electrons. The van der Waals surface area contributed by atoms with Crippen LogP contribution in [0.3, 0.4) is 0 Å². The van der Waals surface area contributed by atoms with E-state index in [-0.39, 0.29) is 6.61 Å². The van der Waals surface area contributed by atoms with Gasteiger partial charge in [-0.3, -0.25) is 0 Å². The maximum absolute atomic E-state index is 9.33. The van der Waals surface area contributed by atoms with Crippen molar-refractivity contribution in [2.75, 3.05) is 0 Å². The van der Waals surface area contributed by atoms with Crippen molar-refractivity contribution in [3.05, 3.63) is 11.6 Å². The van der Waals surface area contributed by atoms with E-state index < -0.39 is 0 Å². The second-order valence-electron chi connectivity index (χ2n) is 5.90. The van der Waals surface area contributed by atoms with Gasteiger partial charge in [-0.15, -0.1) is 10.2 Å². The summed E-state index contributed by atoms with van der Waals surface area (Å²) in [4.78, 5) is 0. The molecule has 0 saturated heterocycles. The molecule has 4 nitrogen and oxygen atoms in total. The van der Waals surface area contributed by atoms with E-state index in [2.05, 4.69) is 28.6 Å². The van der Waals surface area contributed by atoms with Crippen molar-refractivity contribution in [1.29, 1.82) is 0 Å². The number of hydrogen-bond acceptors (Lipinski definition) is 3. The molecule has 1 heterocycles. The standard InChI is InChI=1S/C14H25N3O/c1-11(2)9-17-13(15-16-14(17)10-18)8-12-6-4-3-5-7-12/h11-12,18H,3-10H2,1-2H3. The Morgan fingerprint density at radius 1 is 1.17 bits per heavy atom. The molecule has 18 heavy (non-hydrogen) atoms. The largest absolute Gasteiger partial charge is 0.388 e. The van der Waals surface area contributed by atoms with Crippen LogP contribution in [0.15, 0.2) is 0 Å². The molecule has 4 heteroatoms. The Kier molecular flexibility index (Phi) is 4.75. The summed E-state index contributed by atoms with van der Waals surface area (Å²) in [5.74, 6) is 3.10. The zero-order chi connectivity index (χ0) is 13.0. The Bertz CT molecular complexity index is 367. The topological polar surface area (TPSA) is 50.9 Å². The first-order chi connectivity index (χ1) is 8.70. The lowest BCUT2D eigenvalue weighted by Crippen LogP contribution is -2.16. The predicted octanol–water partition coefficient (Wildman–Crippen LogP) is 2.55. The average Bonchev–Trinajstić information content (AvgIpc) is 2.72. The normalized spacial score (nSPS) is 17.6. The number of hydrogen-bond donors (Lipinski definition) is 1. The number of rotatable bonds is 5. The molecule has 2 rings (SSSR count). The molecule has 1 aliphatic rings. The van der Waals surface area contributed by atoms with Gasteiger partial charge in [0.25, 0.3) is 0 Å². The molecular formula is C14H25N3O. The van der Waals surface area contributed by atoms with Crippen molar-refractivity contribution >= 4 is 0 Å². The fourth-order valence-electron chi connectivity index (χ4n) is 2.87. The zero-order valence-corrected chi connectivity index (χ0v) is 11.6. The summed E-state index contributed by atoms with van der Waals surface area (Å²) in [5.41, 5.74) is 0. The summed E-state index contributed by atoms with van der Waals surface area (Å²) in [6.45, 7) is 5.27. The van der Waals surface area contributed by atoms with E-state index in [1.807, 2.05) is 0 Å². The SMILES string of the molecule is CC(C)Cn1c(CO)nnc1CC1CCCCC1. The van der Waals surface area contributed by atoms with E-state index in [0.29, 0.717) is 5.92 Å². The molecule has 0 atom stereocenters. The highest BCUT2D eigenvalue weighted by molar-refractivity contribution is 4.97. The first-order valence-corrected chi connectivity index (χ1v) is 7.22. The van der Waals surface area contributed by atoms with Gasteiger partial charge in [0.15, 0.2) is 5.82 Å². The van der Waals surface area contributed by atoms with Crippen LogP contribution in [0.5, 0.6) is 0 Å². The van der Waals surface area contributed by atoms with Gasteiger partial charge >= 0.3 is 0 Å². The fraction of sp³-hybridized carbons (Fsp3) is 0.857. The van der Waals surface area contributed by atoms with E-state index in [1.54, 1.807) is 0 Å². The molecule has 0 aromatic carbocycles. The van der Waals surface area contributed by atoms with Crippen LogP contribution in [0.2, 0.25) is 0 Å². The van der Waals surface area contributed by atoms with Gasteiger partial charge in [0.05, 0.1) is 0 Å². The summed E-state index contributed by atoms with van der Waals surface area (Å²) >= 11 is 0. The van der Waals surface area contributed by atoms with Crippen molar-refractivity contribution in [2.24, 2.45) is 11.8 Å². The van der Waals surface area contributed by atoms with Gasteiger partial charge in [-0.2, -0.15) is 0 Å². The van der Waals surface area contributed by atoms with Crippen molar-refractivity contribution in [2.45, 2.75) is 65.5 Å². The zero-order valence-electron chi connectivity index (χ0n) is 11.6. The van der Waals surface area contributed by atoms with Gasteiger partial charge in [0, 0.05) is 13.0 Å². The lowest BCUT2D eigenvalue weighted by Gasteiger charge is -2.21.